The van der Waals surface area contributed by atoms with Crippen LogP contribution in [-0.4, -0.2) is 64.5 Å². The van der Waals surface area contributed by atoms with Gasteiger partial charge in [-0.15, -0.1) is 11.3 Å². The van der Waals surface area contributed by atoms with E-state index in [0.717, 1.165) is 58.1 Å². The first-order valence-electron chi connectivity index (χ1n) is 8.59. The van der Waals surface area contributed by atoms with Crippen molar-refractivity contribution in [2.24, 2.45) is 0 Å². The topological polar surface area (TPSA) is 48.4 Å². The average molecular weight is 344 g/mol. The number of likely N-dealkylation sites (N-methyl/N-ethyl adjacent to an activating group) is 1. The molecule has 0 bridgehead atoms. The number of thiazole rings is 1. The highest BCUT2D eigenvalue weighted by Gasteiger charge is 2.20. The van der Waals surface area contributed by atoms with Crippen LogP contribution in [0.4, 0.5) is 5.13 Å². The maximum atomic E-state index is 4.66. The zero-order valence-electron chi connectivity index (χ0n) is 14.4. The molecule has 0 N–H and O–H groups in total. The summed E-state index contributed by atoms with van der Waals surface area (Å²) < 4.78 is 0. The summed E-state index contributed by atoms with van der Waals surface area (Å²) in [4.78, 5) is 22.2. The monoisotopic (exact) mass is 344 g/mol. The Morgan fingerprint density at radius 1 is 1.08 bits per heavy atom. The zero-order valence-corrected chi connectivity index (χ0v) is 15.2. The van der Waals surface area contributed by atoms with Gasteiger partial charge < -0.3 is 9.80 Å². The van der Waals surface area contributed by atoms with Gasteiger partial charge in [-0.05, 0) is 14.0 Å². The molecule has 0 radical (unpaired) electrons. The summed E-state index contributed by atoms with van der Waals surface area (Å²) in [5.74, 6) is 0.876. The molecule has 2 aliphatic heterocycles. The summed E-state index contributed by atoms with van der Waals surface area (Å²) in [6.07, 6.45) is 5.06. The van der Waals surface area contributed by atoms with E-state index >= 15 is 0 Å². The van der Waals surface area contributed by atoms with Gasteiger partial charge in [0.15, 0.2) is 5.13 Å². The van der Waals surface area contributed by atoms with Crippen molar-refractivity contribution in [3.8, 4) is 0 Å². The van der Waals surface area contributed by atoms with Crippen molar-refractivity contribution >= 4 is 16.5 Å². The molecule has 0 amide bonds. The van der Waals surface area contributed by atoms with Gasteiger partial charge in [0.05, 0.1) is 0 Å². The largest absolute Gasteiger partial charge is 0.346 e. The van der Waals surface area contributed by atoms with E-state index in [1.54, 1.807) is 0 Å². The molecule has 4 rings (SSSR count). The van der Waals surface area contributed by atoms with Gasteiger partial charge in [0.25, 0.3) is 0 Å². The van der Waals surface area contributed by atoms with E-state index in [1.807, 2.05) is 24.5 Å². The van der Waals surface area contributed by atoms with Crippen LogP contribution in [0.3, 0.4) is 0 Å². The Hall–Kier alpha value is -1.57. The van der Waals surface area contributed by atoms with Crippen molar-refractivity contribution in [2.75, 3.05) is 44.7 Å². The van der Waals surface area contributed by atoms with Gasteiger partial charge in [-0.3, -0.25) is 4.90 Å². The Morgan fingerprint density at radius 2 is 1.92 bits per heavy atom. The average Bonchev–Trinajstić information content (AvgIpc) is 3.04. The number of hydrogen-bond donors (Lipinski definition) is 0. The van der Waals surface area contributed by atoms with Crippen molar-refractivity contribution in [1.29, 1.82) is 0 Å². The molecule has 0 spiro atoms. The van der Waals surface area contributed by atoms with Gasteiger partial charge in [0.2, 0.25) is 0 Å². The fraction of sp³-hybridized carbons (Fsp3) is 0.588. The molecule has 128 valence electrons. The lowest BCUT2D eigenvalue weighted by atomic mass is 10.1. The summed E-state index contributed by atoms with van der Waals surface area (Å²) in [5, 5.41) is 1.18. The molecule has 2 aromatic rings. The quantitative estimate of drug-likeness (QED) is 0.842. The predicted molar refractivity (Wildman–Crippen MR) is 96.4 cm³/mol. The Bertz CT molecular complexity index is 707. The van der Waals surface area contributed by atoms with Gasteiger partial charge in [0, 0.05) is 80.8 Å². The highest BCUT2D eigenvalue weighted by atomic mass is 32.1. The van der Waals surface area contributed by atoms with Crippen LogP contribution in [0, 0.1) is 6.92 Å². The number of nitrogens with zero attached hydrogens (tertiary/aromatic N) is 6. The summed E-state index contributed by atoms with van der Waals surface area (Å²) in [7, 11) is 2.18. The third-order valence-electron chi connectivity index (χ3n) is 4.83. The fourth-order valence-corrected chi connectivity index (χ4v) is 4.35. The van der Waals surface area contributed by atoms with Crippen LogP contribution in [0.25, 0.3) is 0 Å². The van der Waals surface area contributed by atoms with E-state index < -0.39 is 0 Å². The maximum Gasteiger partial charge on any atom is 0.185 e. The van der Waals surface area contributed by atoms with E-state index in [4.69, 9.17) is 0 Å². The highest BCUT2D eigenvalue weighted by Crippen LogP contribution is 2.26. The Morgan fingerprint density at radius 3 is 2.75 bits per heavy atom. The van der Waals surface area contributed by atoms with Crippen molar-refractivity contribution in [1.82, 2.24) is 24.8 Å². The van der Waals surface area contributed by atoms with Gasteiger partial charge in [0.1, 0.15) is 5.82 Å². The number of fused-ring (bicyclic) bond motifs is 1. The summed E-state index contributed by atoms with van der Waals surface area (Å²) in [5.41, 5.74) is 2.50. The first kappa shape index (κ1) is 15.9. The Kier molecular flexibility index (Phi) is 4.47. The first-order chi connectivity index (χ1) is 11.7. The second kappa shape index (κ2) is 6.74. The van der Waals surface area contributed by atoms with E-state index in [0.29, 0.717) is 0 Å². The molecule has 4 heterocycles. The minimum absolute atomic E-state index is 0.876. The SMILES string of the molecule is Cc1ncc2c(n1)CCN(Cc1cnc(N3CCN(C)CC3)s1)C2. The molecule has 0 saturated carbocycles. The summed E-state index contributed by atoms with van der Waals surface area (Å²) in [6.45, 7) is 9.34. The number of anilines is 1. The van der Waals surface area contributed by atoms with E-state index in [1.165, 1.54) is 21.3 Å². The molecular formula is C17H24N6S. The summed E-state index contributed by atoms with van der Waals surface area (Å²) >= 11 is 1.84. The number of rotatable bonds is 3. The maximum absolute atomic E-state index is 4.66. The molecule has 1 fully saturated rings. The number of piperazine rings is 1. The minimum Gasteiger partial charge on any atom is -0.346 e. The van der Waals surface area contributed by atoms with Crippen molar-refractivity contribution in [2.45, 2.75) is 26.4 Å². The van der Waals surface area contributed by atoms with Gasteiger partial charge in [-0.1, -0.05) is 0 Å². The van der Waals surface area contributed by atoms with Gasteiger partial charge >= 0.3 is 0 Å². The molecule has 0 atom stereocenters. The lowest BCUT2D eigenvalue weighted by Crippen LogP contribution is -2.44. The van der Waals surface area contributed by atoms with Gasteiger partial charge in [-0.25, -0.2) is 15.0 Å². The van der Waals surface area contributed by atoms with Crippen LogP contribution in [0.2, 0.25) is 0 Å². The normalized spacial score (nSPS) is 19.5. The molecule has 6 nitrogen and oxygen atoms in total. The smallest absolute Gasteiger partial charge is 0.185 e. The number of aromatic nitrogens is 3. The molecule has 0 aliphatic carbocycles. The van der Waals surface area contributed by atoms with Gasteiger partial charge in [-0.2, -0.15) is 0 Å². The number of aryl methyl sites for hydroxylation is 1. The Balaban J connectivity index is 1.39. The second-order valence-corrected chi connectivity index (χ2v) is 7.84. The Labute approximate surface area is 147 Å². The van der Waals surface area contributed by atoms with E-state index in [9.17, 15) is 0 Å². The molecular weight excluding hydrogens is 320 g/mol. The molecule has 0 aromatic carbocycles. The van der Waals surface area contributed by atoms with Crippen LogP contribution in [0.5, 0.6) is 0 Å². The molecule has 7 heteroatoms. The third-order valence-corrected chi connectivity index (χ3v) is 5.87. The van der Waals surface area contributed by atoms with Crippen molar-refractivity contribution in [3.63, 3.8) is 0 Å². The van der Waals surface area contributed by atoms with E-state index in [-0.39, 0.29) is 0 Å². The lowest BCUT2D eigenvalue weighted by Gasteiger charge is -2.32. The lowest BCUT2D eigenvalue weighted by molar-refractivity contribution is 0.244. The van der Waals surface area contributed by atoms with Crippen molar-refractivity contribution in [3.05, 3.63) is 34.4 Å². The zero-order chi connectivity index (χ0) is 16.5. The minimum atomic E-state index is 0.876. The van der Waals surface area contributed by atoms with E-state index in [2.05, 4.69) is 42.9 Å². The fourth-order valence-electron chi connectivity index (χ4n) is 3.34. The van der Waals surface area contributed by atoms with Crippen LogP contribution < -0.4 is 4.90 Å². The van der Waals surface area contributed by atoms with Crippen LogP contribution in [-0.2, 0) is 19.5 Å². The first-order valence-corrected chi connectivity index (χ1v) is 9.41. The number of hydrogen-bond acceptors (Lipinski definition) is 7. The second-order valence-electron chi connectivity index (χ2n) is 6.75. The predicted octanol–water partition coefficient (Wildman–Crippen LogP) is 1.55. The van der Waals surface area contributed by atoms with Crippen LogP contribution >= 0.6 is 11.3 Å². The highest BCUT2D eigenvalue weighted by molar-refractivity contribution is 7.15. The standard InChI is InChI=1S/C17H24N6S/c1-13-18-9-14-11-22(4-3-16(14)20-13)12-15-10-19-17(24-15)23-7-5-21(2)6-8-23/h9-10H,3-8,11-12H2,1-2H3. The van der Waals surface area contributed by atoms with Crippen LogP contribution in [0.1, 0.15) is 22.0 Å². The molecule has 0 unspecified atom stereocenters. The molecule has 2 aromatic heterocycles. The summed E-state index contributed by atoms with van der Waals surface area (Å²) in [6, 6.07) is 0. The third kappa shape index (κ3) is 3.43. The van der Waals surface area contributed by atoms with Crippen molar-refractivity contribution < 1.29 is 0 Å². The van der Waals surface area contributed by atoms with Crippen LogP contribution in [0.15, 0.2) is 12.4 Å². The molecule has 1 saturated heterocycles. The molecule has 24 heavy (non-hydrogen) atoms. The molecule has 2 aliphatic rings.